The first-order valence-electron chi connectivity index (χ1n) is 6.66. The van der Waals surface area contributed by atoms with Crippen LogP contribution in [0.15, 0.2) is 41.1 Å². The largest absolute Gasteiger partial charge is 0.399 e. The van der Waals surface area contributed by atoms with E-state index in [-0.39, 0.29) is 6.03 Å². The molecule has 0 spiro atoms. The van der Waals surface area contributed by atoms with Gasteiger partial charge in [-0.1, -0.05) is 0 Å². The lowest BCUT2D eigenvalue weighted by Crippen LogP contribution is -2.36. The number of hydrogen-bond acceptors (Lipinski definition) is 3. The molecular weight excluding hydrogens is 270 g/mol. The topological polar surface area (TPSA) is 58.4 Å². The SMILES string of the molecule is Nc1ccc(NC(=O)N(Cc2ccsc2)C2CC2)cc1. The molecule has 1 aromatic heterocycles. The van der Waals surface area contributed by atoms with Crippen molar-refractivity contribution in [3.63, 3.8) is 0 Å². The van der Waals surface area contributed by atoms with Gasteiger partial charge in [-0.25, -0.2) is 4.79 Å². The van der Waals surface area contributed by atoms with Crippen LogP contribution in [0.3, 0.4) is 0 Å². The van der Waals surface area contributed by atoms with Gasteiger partial charge in [-0.15, -0.1) is 0 Å². The van der Waals surface area contributed by atoms with Gasteiger partial charge in [0, 0.05) is 24.0 Å². The first kappa shape index (κ1) is 13.0. The fourth-order valence-electron chi connectivity index (χ4n) is 2.09. The summed E-state index contributed by atoms with van der Waals surface area (Å²) < 4.78 is 0. The minimum atomic E-state index is -0.0385. The third kappa shape index (κ3) is 3.11. The molecule has 1 aliphatic carbocycles. The highest BCUT2D eigenvalue weighted by molar-refractivity contribution is 7.07. The predicted molar refractivity (Wildman–Crippen MR) is 82.8 cm³/mol. The van der Waals surface area contributed by atoms with E-state index in [4.69, 9.17) is 5.73 Å². The Morgan fingerprint density at radius 1 is 1.30 bits per heavy atom. The van der Waals surface area contributed by atoms with Crippen LogP contribution in [-0.4, -0.2) is 17.0 Å². The number of nitrogens with zero attached hydrogens (tertiary/aromatic N) is 1. The second-order valence-corrected chi connectivity index (χ2v) is 5.82. The van der Waals surface area contributed by atoms with Gasteiger partial charge in [0.25, 0.3) is 0 Å². The third-order valence-corrected chi connectivity index (χ3v) is 4.08. The van der Waals surface area contributed by atoms with Crippen molar-refractivity contribution in [2.45, 2.75) is 25.4 Å². The van der Waals surface area contributed by atoms with E-state index in [9.17, 15) is 4.79 Å². The van der Waals surface area contributed by atoms with Crippen LogP contribution in [0.2, 0.25) is 0 Å². The Labute approximate surface area is 122 Å². The van der Waals surface area contributed by atoms with Crippen molar-refractivity contribution >= 4 is 28.7 Å². The van der Waals surface area contributed by atoms with Crippen molar-refractivity contribution in [1.29, 1.82) is 0 Å². The lowest BCUT2D eigenvalue weighted by molar-refractivity contribution is 0.206. The van der Waals surface area contributed by atoms with Crippen LogP contribution in [0.5, 0.6) is 0 Å². The predicted octanol–water partition coefficient (Wildman–Crippen LogP) is 3.53. The van der Waals surface area contributed by atoms with Gasteiger partial charge >= 0.3 is 6.03 Å². The summed E-state index contributed by atoms with van der Waals surface area (Å²) in [5.41, 5.74) is 8.31. The van der Waals surface area contributed by atoms with E-state index in [0.717, 1.165) is 18.5 Å². The zero-order valence-corrected chi connectivity index (χ0v) is 11.9. The Kier molecular flexibility index (Phi) is 3.60. The maximum Gasteiger partial charge on any atom is 0.322 e. The highest BCUT2D eigenvalue weighted by atomic mass is 32.1. The Morgan fingerprint density at radius 3 is 2.65 bits per heavy atom. The summed E-state index contributed by atoms with van der Waals surface area (Å²) in [6.45, 7) is 0.676. The lowest BCUT2D eigenvalue weighted by Gasteiger charge is -2.22. The molecule has 1 aliphatic rings. The van der Waals surface area contributed by atoms with Crippen LogP contribution in [0.1, 0.15) is 18.4 Å². The van der Waals surface area contributed by atoms with Crippen molar-refractivity contribution in [2.75, 3.05) is 11.1 Å². The standard InChI is InChI=1S/C15H17N3OS/c16-12-1-3-13(4-2-12)17-15(19)18(14-5-6-14)9-11-7-8-20-10-11/h1-4,7-8,10,14H,5-6,9,16H2,(H,17,19). The second-order valence-electron chi connectivity index (χ2n) is 5.04. The van der Waals surface area contributed by atoms with E-state index in [1.807, 2.05) is 22.4 Å². The van der Waals surface area contributed by atoms with Gasteiger partial charge in [-0.05, 0) is 59.5 Å². The number of nitrogens with two attached hydrogens (primary N) is 1. The summed E-state index contributed by atoms with van der Waals surface area (Å²) in [5, 5.41) is 7.07. The fraction of sp³-hybridized carbons (Fsp3) is 0.267. The molecule has 5 heteroatoms. The number of amides is 2. The maximum absolute atomic E-state index is 12.4. The Bertz CT molecular complexity index is 576. The molecule has 0 radical (unpaired) electrons. The molecule has 2 aromatic rings. The smallest absolute Gasteiger partial charge is 0.322 e. The molecule has 104 valence electrons. The van der Waals surface area contributed by atoms with Gasteiger partial charge in [-0.2, -0.15) is 11.3 Å². The number of benzene rings is 1. The van der Waals surface area contributed by atoms with E-state index in [0.29, 0.717) is 18.3 Å². The van der Waals surface area contributed by atoms with Gasteiger partial charge in [0.15, 0.2) is 0 Å². The summed E-state index contributed by atoms with van der Waals surface area (Å²) in [7, 11) is 0. The van der Waals surface area contributed by atoms with E-state index >= 15 is 0 Å². The number of urea groups is 1. The molecule has 4 nitrogen and oxygen atoms in total. The summed E-state index contributed by atoms with van der Waals surface area (Å²) in [6, 6.07) is 9.63. The fourth-order valence-corrected chi connectivity index (χ4v) is 2.75. The Morgan fingerprint density at radius 2 is 2.05 bits per heavy atom. The van der Waals surface area contributed by atoms with E-state index in [2.05, 4.69) is 16.8 Å². The molecule has 3 rings (SSSR count). The minimum absolute atomic E-state index is 0.0385. The van der Waals surface area contributed by atoms with Crippen LogP contribution in [0, 0.1) is 0 Å². The number of anilines is 2. The normalized spacial score (nSPS) is 14.0. The highest BCUT2D eigenvalue weighted by Crippen LogP contribution is 2.29. The zero-order valence-electron chi connectivity index (χ0n) is 11.1. The average Bonchev–Trinajstić information content (AvgIpc) is 3.15. The summed E-state index contributed by atoms with van der Waals surface area (Å²) in [5.74, 6) is 0. The van der Waals surface area contributed by atoms with Gasteiger partial charge in [0.2, 0.25) is 0 Å². The van der Waals surface area contributed by atoms with Crippen molar-refractivity contribution in [3.05, 3.63) is 46.7 Å². The zero-order chi connectivity index (χ0) is 13.9. The van der Waals surface area contributed by atoms with Crippen molar-refractivity contribution in [3.8, 4) is 0 Å². The van der Waals surface area contributed by atoms with E-state index < -0.39 is 0 Å². The molecule has 1 aromatic carbocycles. The van der Waals surface area contributed by atoms with Gasteiger partial charge < -0.3 is 16.0 Å². The Hall–Kier alpha value is -2.01. The first-order valence-corrected chi connectivity index (χ1v) is 7.61. The number of carbonyl (C=O) groups excluding carboxylic acids is 1. The second kappa shape index (κ2) is 5.54. The van der Waals surface area contributed by atoms with Crippen LogP contribution in [-0.2, 0) is 6.54 Å². The monoisotopic (exact) mass is 287 g/mol. The number of nitrogen functional groups attached to an aromatic ring is 1. The molecule has 1 saturated carbocycles. The summed E-state index contributed by atoms with van der Waals surface area (Å²) >= 11 is 1.66. The molecule has 0 aliphatic heterocycles. The van der Waals surface area contributed by atoms with Crippen LogP contribution < -0.4 is 11.1 Å². The number of nitrogens with one attached hydrogen (secondary N) is 1. The molecule has 20 heavy (non-hydrogen) atoms. The van der Waals surface area contributed by atoms with E-state index in [1.165, 1.54) is 5.56 Å². The molecule has 0 bridgehead atoms. The van der Waals surface area contributed by atoms with Gasteiger partial charge in [0.1, 0.15) is 0 Å². The molecule has 1 fully saturated rings. The first-order chi connectivity index (χ1) is 9.72. The van der Waals surface area contributed by atoms with Crippen LogP contribution in [0.4, 0.5) is 16.2 Å². The van der Waals surface area contributed by atoms with Crippen molar-refractivity contribution < 1.29 is 4.79 Å². The molecule has 0 saturated heterocycles. The van der Waals surface area contributed by atoms with Gasteiger partial charge in [0.05, 0.1) is 0 Å². The third-order valence-electron chi connectivity index (χ3n) is 3.34. The molecule has 3 N–H and O–H groups in total. The number of thiophene rings is 1. The number of hydrogen-bond donors (Lipinski definition) is 2. The van der Waals surface area contributed by atoms with Crippen molar-refractivity contribution in [1.82, 2.24) is 4.90 Å². The van der Waals surface area contributed by atoms with Crippen LogP contribution in [0.25, 0.3) is 0 Å². The average molecular weight is 287 g/mol. The molecule has 0 unspecified atom stereocenters. The highest BCUT2D eigenvalue weighted by Gasteiger charge is 2.32. The van der Waals surface area contributed by atoms with Crippen LogP contribution >= 0.6 is 11.3 Å². The Balaban J connectivity index is 1.67. The molecule has 2 amide bonds. The quantitative estimate of drug-likeness (QED) is 0.845. The summed E-state index contributed by atoms with van der Waals surface area (Å²) in [4.78, 5) is 14.3. The molecular formula is C15H17N3OS. The van der Waals surface area contributed by atoms with Crippen molar-refractivity contribution in [2.24, 2.45) is 0 Å². The van der Waals surface area contributed by atoms with E-state index in [1.54, 1.807) is 23.5 Å². The molecule has 1 heterocycles. The number of carbonyl (C=O) groups is 1. The van der Waals surface area contributed by atoms with Gasteiger partial charge in [-0.3, -0.25) is 0 Å². The maximum atomic E-state index is 12.4. The lowest BCUT2D eigenvalue weighted by atomic mass is 10.3. The molecule has 0 atom stereocenters. The number of rotatable bonds is 4. The minimum Gasteiger partial charge on any atom is -0.399 e. The summed E-state index contributed by atoms with van der Waals surface area (Å²) in [6.07, 6.45) is 2.19.